The first-order valence-corrected chi connectivity index (χ1v) is 9.54. The lowest BCUT2D eigenvalue weighted by atomic mass is 10.0. The molecule has 0 fully saturated rings. The van der Waals surface area contributed by atoms with E-state index in [1.54, 1.807) is 12.3 Å². The number of fused-ring (bicyclic) bond motifs is 3. The first-order chi connectivity index (χ1) is 14.1. The fourth-order valence-electron chi connectivity index (χ4n) is 3.80. The van der Waals surface area contributed by atoms with E-state index in [-0.39, 0.29) is 0 Å². The Morgan fingerprint density at radius 1 is 1.03 bits per heavy atom. The van der Waals surface area contributed by atoms with Gasteiger partial charge in [0.25, 0.3) is 0 Å². The van der Waals surface area contributed by atoms with E-state index in [1.807, 2.05) is 54.6 Å². The Kier molecular flexibility index (Phi) is 4.14. The van der Waals surface area contributed by atoms with Gasteiger partial charge >= 0.3 is 0 Å². The van der Waals surface area contributed by atoms with E-state index in [0.29, 0.717) is 17.1 Å². The van der Waals surface area contributed by atoms with Crippen LogP contribution in [-0.2, 0) is 6.54 Å². The second kappa shape index (κ2) is 6.83. The van der Waals surface area contributed by atoms with Crippen molar-refractivity contribution < 1.29 is 9.21 Å². The Hall–Kier alpha value is -3.50. The molecule has 2 aromatic heterocycles. The van der Waals surface area contributed by atoms with Crippen molar-refractivity contribution in [2.75, 3.05) is 0 Å². The maximum absolute atomic E-state index is 12.1. The number of carbonyl (C=O) groups is 1. The Morgan fingerprint density at radius 2 is 1.86 bits per heavy atom. The van der Waals surface area contributed by atoms with Crippen LogP contribution < -0.4 is 5.73 Å². The van der Waals surface area contributed by atoms with Gasteiger partial charge in [-0.05, 0) is 65.7 Å². The number of halogens is 1. The SMILES string of the molecule is NC(=O)c1cccc2c1c1[c]cc(-c3ccc(Cl)cc3)cc1n2Cc1ccco1. The van der Waals surface area contributed by atoms with Crippen LogP contribution in [0.1, 0.15) is 16.1 Å². The minimum absolute atomic E-state index is 0.456. The molecule has 0 spiro atoms. The van der Waals surface area contributed by atoms with Crippen LogP contribution in [0.2, 0.25) is 5.02 Å². The smallest absolute Gasteiger partial charge is 0.249 e. The largest absolute Gasteiger partial charge is 0.467 e. The Labute approximate surface area is 172 Å². The fraction of sp³-hybridized carbons (Fsp3) is 0.0417. The molecule has 0 aliphatic heterocycles. The summed E-state index contributed by atoms with van der Waals surface area (Å²) in [7, 11) is 0. The van der Waals surface area contributed by atoms with Crippen LogP contribution in [-0.4, -0.2) is 10.5 Å². The molecule has 1 amide bonds. The van der Waals surface area contributed by atoms with Gasteiger partial charge in [0.05, 0.1) is 23.8 Å². The lowest BCUT2D eigenvalue weighted by Crippen LogP contribution is -2.11. The summed E-state index contributed by atoms with van der Waals surface area (Å²) in [5.41, 5.74) is 10.1. The van der Waals surface area contributed by atoms with E-state index < -0.39 is 5.91 Å². The van der Waals surface area contributed by atoms with Gasteiger partial charge in [0.15, 0.2) is 0 Å². The van der Waals surface area contributed by atoms with Crippen LogP contribution in [0, 0.1) is 6.07 Å². The second-order valence-corrected chi connectivity index (χ2v) is 7.32. The molecule has 0 saturated heterocycles. The van der Waals surface area contributed by atoms with Crippen molar-refractivity contribution in [3.63, 3.8) is 0 Å². The monoisotopic (exact) mass is 399 g/mol. The van der Waals surface area contributed by atoms with Crippen LogP contribution in [0.4, 0.5) is 0 Å². The van der Waals surface area contributed by atoms with Crippen LogP contribution in [0.25, 0.3) is 32.9 Å². The summed E-state index contributed by atoms with van der Waals surface area (Å²) in [4.78, 5) is 12.1. The number of hydrogen-bond acceptors (Lipinski definition) is 2. The van der Waals surface area contributed by atoms with Gasteiger partial charge in [0, 0.05) is 21.4 Å². The molecule has 0 aliphatic carbocycles. The van der Waals surface area contributed by atoms with Gasteiger partial charge < -0.3 is 14.7 Å². The van der Waals surface area contributed by atoms with Crippen molar-refractivity contribution in [2.45, 2.75) is 6.54 Å². The molecule has 0 bridgehead atoms. The molecule has 1 radical (unpaired) electrons. The van der Waals surface area contributed by atoms with Gasteiger partial charge in [-0.3, -0.25) is 4.79 Å². The molecule has 3 aromatic carbocycles. The van der Waals surface area contributed by atoms with E-state index >= 15 is 0 Å². The summed E-state index contributed by atoms with van der Waals surface area (Å²) >= 11 is 6.03. The predicted molar refractivity (Wildman–Crippen MR) is 115 cm³/mol. The van der Waals surface area contributed by atoms with Crippen LogP contribution in [0.5, 0.6) is 0 Å². The molecule has 5 heteroatoms. The molecule has 29 heavy (non-hydrogen) atoms. The van der Waals surface area contributed by atoms with Gasteiger partial charge in [-0.1, -0.05) is 29.8 Å². The van der Waals surface area contributed by atoms with Crippen LogP contribution in [0.15, 0.2) is 77.4 Å². The number of benzene rings is 3. The molecular weight excluding hydrogens is 384 g/mol. The number of hydrogen-bond donors (Lipinski definition) is 1. The average Bonchev–Trinajstić information content (AvgIpc) is 3.35. The number of furan rings is 1. The van der Waals surface area contributed by atoms with Gasteiger partial charge in [0.1, 0.15) is 5.76 Å². The number of rotatable bonds is 4. The maximum atomic E-state index is 12.1. The highest BCUT2D eigenvalue weighted by atomic mass is 35.5. The minimum atomic E-state index is -0.456. The molecule has 4 nitrogen and oxygen atoms in total. The second-order valence-electron chi connectivity index (χ2n) is 6.88. The zero-order valence-electron chi connectivity index (χ0n) is 15.4. The third-order valence-electron chi connectivity index (χ3n) is 5.13. The van der Waals surface area contributed by atoms with Crippen molar-refractivity contribution in [2.24, 2.45) is 5.73 Å². The molecule has 0 saturated carbocycles. The lowest BCUT2D eigenvalue weighted by Gasteiger charge is -2.07. The number of nitrogens with zero attached hydrogens (tertiary/aromatic N) is 1. The fourth-order valence-corrected chi connectivity index (χ4v) is 3.92. The number of carbonyl (C=O) groups excluding carboxylic acids is 1. The highest BCUT2D eigenvalue weighted by Gasteiger charge is 2.18. The molecular formula is C24H16ClN2O2. The topological polar surface area (TPSA) is 61.2 Å². The standard InChI is InChI=1S/C24H16ClN2O2/c25-17-9-6-15(7-10-17)16-8-11-19-22(13-16)27(14-18-3-2-12-29-18)21-5-1-4-20(23(19)21)24(26)28/h1-10,12-13H,14H2,(H2,26,28). The van der Waals surface area contributed by atoms with Gasteiger partial charge in [-0.15, -0.1) is 0 Å². The lowest BCUT2D eigenvalue weighted by molar-refractivity contribution is 0.100. The third kappa shape index (κ3) is 2.98. The number of aromatic nitrogens is 1. The van der Waals surface area contributed by atoms with E-state index in [1.165, 1.54) is 0 Å². The maximum Gasteiger partial charge on any atom is 0.249 e. The average molecular weight is 400 g/mol. The Morgan fingerprint density at radius 3 is 2.59 bits per heavy atom. The van der Waals surface area contributed by atoms with E-state index in [2.05, 4.69) is 16.7 Å². The molecule has 0 aliphatic rings. The van der Waals surface area contributed by atoms with Crippen molar-refractivity contribution in [3.8, 4) is 11.1 Å². The summed E-state index contributed by atoms with van der Waals surface area (Å²) < 4.78 is 7.70. The summed E-state index contributed by atoms with van der Waals surface area (Å²) in [6, 6.07) is 24.5. The normalized spacial score (nSPS) is 11.3. The van der Waals surface area contributed by atoms with Gasteiger partial charge in [-0.25, -0.2) is 0 Å². The van der Waals surface area contributed by atoms with Crippen LogP contribution in [0.3, 0.4) is 0 Å². The zero-order chi connectivity index (χ0) is 20.0. The molecule has 141 valence electrons. The van der Waals surface area contributed by atoms with Crippen molar-refractivity contribution in [1.29, 1.82) is 0 Å². The van der Waals surface area contributed by atoms with Crippen molar-refractivity contribution in [1.82, 2.24) is 4.57 Å². The molecule has 2 N–H and O–H groups in total. The van der Waals surface area contributed by atoms with E-state index in [4.69, 9.17) is 21.8 Å². The predicted octanol–water partition coefficient (Wildman–Crippen LogP) is 5.66. The number of nitrogens with two attached hydrogens (primary N) is 1. The van der Waals surface area contributed by atoms with E-state index in [9.17, 15) is 4.79 Å². The summed E-state index contributed by atoms with van der Waals surface area (Å²) in [5, 5.41) is 2.36. The highest BCUT2D eigenvalue weighted by Crippen LogP contribution is 2.35. The minimum Gasteiger partial charge on any atom is -0.467 e. The zero-order valence-corrected chi connectivity index (χ0v) is 16.1. The molecule has 0 unspecified atom stereocenters. The molecule has 5 rings (SSSR count). The third-order valence-corrected chi connectivity index (χ3v) is 5.38. The number of primary amides is 1. The molecule has 2 heterocycles. The van der Waals surface area contributed by atoms with Crippen molar-refractivity contribution >= 4 is 39.3 Å². The summed E-state index contributed by atoms with van der Waals surface area (Å²) in [6.45, 7) is 0.535. The van der Waals surface area contributed by atoms with E-state index in [0.717, 1.165) is 38.7 Å². The van der Waals surface area contributed by atoms with Crippen LogP contribution >= 0.6 is 11.6 Å². The first kappa shape index (κ1) is 17.6. The van der Waals surface area contributed by atoms with Gasteiger partial charge in [-0.2, -0.15) is 0 Å². The quantitative estimate of drug-likeness (QED) is 0.424. The summed E-state index contributed by atoms with van der Waals surface area (Å²) in [6.07, 6.45) is 1.66. The Balaban J connectivity index is 1.81. The first-order valence-electron chi connectivity index (χ1n) is 9.16. The highest BCUT2D eigenvalue weighted by molar-refractivity contribution is 6.30. The molecule has 0 atom stereocenters. The van der Waals surface area contributed by atoms with Gasteiger partial charge in [0.2, 0.25) is 5.91 Å². The molecule has 5 aromatic rings. The Bertz CT molecular complexity index is 1350. The number of amides is 1. The van der Waals surface area contributed by atoms with Crippen molar-refractivity contribution in [3.05, 3.63) is 95.4 Å². The summed E-state index contributed by atoms with van der Waals surface area (Å²) in [5.74, 6) is 0.369.